The summed E-state index contributed by atoms with van der Waals surface area (Å²) in [5.74, 6) is 0.480. The predicted octanol–water partition coefficient (Wildman–Crippen LogP) is 4.69. The van der Waals surface area contributed by atoms with E-state index >= 15 is 0 Å². The SMILES string of the molecule is CCOc1cccc(C(=O)Nc2cc3nn(-c4ccc(C)cc4)nc3cc2C)c1. The van der Waals surface area contributed by atoms with Crippen LogP contribution in [0.15, 0.2) is 60.7 Å². The van der Waals surface area contributed by atoms with E-state index in [0.29, 0.717) is 23.6 Å². The van der Waals surface area contributed by atoms with Crippen molar-refractivity contribution in [1.29, 1.82) is 0 Å². The van der Waals surface area contributed by atoms with Crippen molar-refractivity contribution in [3.63, 3.8) is 0 Å². The first-order chi connectivity index (χ1) is 14.0. The second-order valence-electron chi connectivity index (χ2n) is 6.90. The Hall–Kier alpha value is -3.67. The number of hydrogen-bond acceptors (Lipinski definition) is 4. The number of rotatable bonds is 5. The van der Waals surface area contributed by atoms with Gasteiger partial charge in [0, 0.05) is 11.3 Å². The Labute approximate surface area is 169 Å². The molecular weight excluding hydrogens is 364 g/mol. The molecule has 0 saturated carbocycles. The molecule has 0 fully saturated rings. The summed E-state index contributed by atoms with van der Waals surface area (Å²) in [6.07, 6.45) is 0. The largest absolute Gasteiger partial charge is 0.494 e. The molecule has 146 valence electrons. The van der Waals surface area contributed by atoms with E-state index in [4.69, 9.17) is 4.74 Å². The summed E-state index contributed by atoms with van der Waals surface area (Å²) in [4.78, 5) is 14.3. The van der Waals surface area contributed by atoms with E-state index in [9.17, 15) is 4.79 Å². The van der Waals surface area contributed by atoms with E-state index in [0.717, 1.165) is 22.3 Å². The zero-order chi connectivity index (χ0) is 20.4. The molecule has 0 aliphatic carbocycles. The smallest absolute Gasteiger partial charge is 0.255 e. The molecule has 1 amide bonds. The zero-order valence-corrected chi connectivity index (χ0v) is 16.6. The van der Waals surface area contributed by atoms with Crippen molar-refractivity contribution in [1.82, 2.24) is 15.0 Å². The van der Waals surface area contributed by atoms with Gasteiger partial charge < -0.3 is 10.1 Å². The molecule has 1 N–H and O–H groups in total. The Kier molecular flexibility index (Phi) is 4.99. The van der Waals surface area contributed by atoms with Gasteiger partial charge in [-0.05, 0) is 68.8 Å². The fraction of sp³-hybridized carbons (Fsp3) is 0.174. The molecule has 0 aliphatic heterocycles. The molecule has 6 nitrogen and oxygen atoms in total. The number of amides is 1. The van der Waals surface area contributed by atoms with Gasteiger partial charge in [-0.3, -0.25) is 4.79 Å². The van der Waals surface area contributed by atoms with Crippen LogP contribution in [0.5, 0.6) is 5.75 Å². The van der Waals surface area contributed by atoms with Gasteiger partial charge in [0.25, 0.3) is 5.91 Å². The van der Waals surface area contributed by atoms with Crippen LogP contribution >= 0.6 is 0 Å². The van der Waals surface area contributed by atoms with Crippen molar-refractivity contribution in [3.05, 3.63) is 77.4 Å². The number of aromatic nitrogens is 3. The highest BCUT2D eigenvalue weighted by Gasteiger charge is 2.12. The first-order valence-electron chi connectivity index (χ1n) is 9.52. The molecule has 4 aromatic rings. The van der Waals surface area contributed by atoms with E-state index in [1.165, 1.54) is 5.56 Å². The highest BCUT2D eigenvalue weighted by atomic mass is 16.5. The molecule has 0 bridgehead atoms. The molecule has 1 aromatic heterocycles. The summed E-state index contributed by atoms with van der Waals surface area (Å²) in [6.45, 7) is 6.45. The zero-order valence-electron chi connectivity index (χ0n) is 16.6. The molecule has 0 saturated heterocycles. The summed E-state index contributed by atoms with van der Waals surface area (Å²) < 4.78 is 5.48. The molecular formula is C23H22N4O2. The molecule has 3 aromatic carbocycles. The number of nitrogens with one attached hydrogen (secondary N) is 1. The van der Waals surface area contributed by atoms with Crippen LogP contribution in [-0.4, -0.2) is 27.5 Å². The molecule has 0 spiro atoms. The van der Waals surface area contributed by atoms with Crippen LogP contribution < -0.4 is 10.1 Å². The van der Waals surface area contributed by atoms with Gasteiger partial charge in [0.2, 0.25) is 0 Å². The van der Waals surface area contributed by atoms with Crippen LogP contribution in [0, 0.1) is 13.8 Å². The van der Waals surface area contributed by atoms with Gasteiger partial charge in [0.1, 0.15) is 16.8 Å². The average Bonchev–Trinajstić information content (AvgIpc) is 3.12. The lowest BCUT2D eigenvalue weighted by Crippen LogP contribution is -2.13. The molecule has 29 heavy (non-hydrogen) atoms. The van der Waals surface area contributed by atoms with Crippen LogP contribution in [0.1, 0.15) is 28.4 Å². The van der Waals surface area contributed by atoms with Gasteiger partial charge >= 0.3 is 0 Å². The van der Waals surface area contributed by atoms with Crippen molar-refractivity contribution in [2.24, 2.45) is 0 Å². The van der Waals surface area contributed by atoms with Crippen molar-refractivity contribution >= 4 is 22.6 Å². The van der Waals surface area contributed by atoms with E-state index in [1.807, 2.05) is 69.3 Å². The lowest BCUT2D eigenvalue weighted by Gasteiger charge is -2.09. The maximum atomic E-state index is 12.7. The van der Waals surface area contributed by atoms with Gasteiger partial charge in [0.15, 0.2) is 0 Å². The van der Waals surface area contributed by atoms with Crippen LogP contribution in [0.4, 0.5) is 5.69 Å². The maximum Gasteiger partial charge on any atom is 0.255 e. The third-order valence-electron chi connectivity index (χ3n) is 4.65. The maximum absolute atomic E-state index is 12.7. The number of benzene rings is 3. The molecule has 0 unspecified atom stereocenters. The van der Waals surface area contributed by atoms with Crippen molar-refractivity contribution in [2.45, 2.75) is 20.8 Å². The normalized spacial score (nSPS) is 10.9. The van der Waals surface area contributed by atoms with E-state index in [1.54, 1.807) is 16.9 Å². The number of aryl methyl sites for hydroxylation is 2. The number of anilines is 1. The predicted molar refractivity (Wildman–Crippen MR) is 114 cm³/mol. The second-order valence-corrected chi connectivity index (χ2v) is 6.90. The first kappa shape index (κ1) is 18.7. The van der Waals surface area contributed by atoms with Crippen LogP contribution in [-0.2, 0) is 0 Å². The fourth-order valence-corrected chi connectivity index (χ4v) is 3.08. The number of carbonyl (C=O) groups excluding carboxylic acids is 1. The van der Waals surface area contributed by atoms with Gasteiger partial charge in [-0.15, -0.1) is 10.2 Å². The van der Waals surface area contributed by atoms with Crippen LogP contribution in [0.2, 0.25) is 0 Å². The minimum absolute atomic E-state index is 0.195. The van der Waals surface area contributed by atoms with Gasteiger partial charge in [-0.25, -0.2) is 0 Å². The van der Waals surface area contributed by atoms with Crippen LogP contribution in [0.25, 0.3) is 16.7 Å². The quantitative estimate of drug-likeness (QED) is 0.540. The summed E-state index contributed by atoms with van der Waals surface area (Å²) in [5.41, 5.74) is 5.73. The summed E-state index contributed by atoms with van der Waals surface area (Å²) in [6, 6.07) is 18.9. The van der Waals surface area contributed by atoms with Gasteiger partial charge in [-0.1, -0.05) is 23.8 Å². The third-order valence-corrected chi connectivity index (χ3v) is 4.65. The Morgan fingerprint density at radius 3 is 2.45 bits per heavy atom. The number of ether oxygens (including phenoxy) is 1. The minimum atomic E-state index is -0.195. The van der Waals surface area contributed by atoms with Crippen LogP contribution in [0.3, 0.4) is 0 Å². The highest BCUT2D eigenvalue weighted by molar-refractivity contribution is 6.05. The second kappa shape index (κ2) is 7.75. The van der Waals surface area contributed by atoms with Crippen molar-refractivity contribution in [3.8, 4) is 11.4 Å². The Morgan fingerprint density at radius 1 is 1.00 bits per heavy atom. The standard InChI is InChI=1S/C23H22N4O2/c1-4-29-19-7-5-6-17(13-19)23(28)24-20-14-22-21(12-16(20)3)25-27(26-22)18-10-8-15(2)9-11-18/h5-14H,4H2,1-3H3,(H,24,28). The van der Waals surface area contributed by atoms with E-state index in [2.05, 4.69) is 15.5 Å². The minimum Gasteiger partial charge on any atom is -0.494 e. The lowest BCUT2D eigenvalue weighted by atomic mass is 10.1. The molecule has 0 radical (unpaired) electrons. The fourth-order valence-electron chi connectivity index (χ4n) is 3.08. The number of nitrogens with zero attached hydrogens (tertiary/aromatic N) is 3. The van der Waals surface area contributed by atoms with Crippen molar-refractivity contribution < 1.29 is 9.53 Å². The summed E-state index contributed by atoms with van der Waals surface area (Å²) in [7, 11) is 0. The van der Waals surface area contributed by atoms with E-state index in [-0.39, 0.29) is 5.91 Å². The molecule has 4 rings (SSSR count). The average molecular weight is 386 g/mol. The van der Waals surface area contributed by atoms with Gasteiger partial charge in [-0.2, -0.15) is 4.80 Å². The number of carbonyl (C=O) groups is 1. The molecule has 1 heterocycles. The van der Waals surface area contributed by atoms with Gasteiger partial charge in [0.05, 0.1) is 12.3 Å². The summed E-state index contributed by atoms with van der Waals surface area (Å²) >= 11 is 0. The topological polar surface area (TPSA) is 69.0 Å². The lowest BCUT2D eigenvalue weighted by molar-refractivity contribution is 0.102. The van der Waals surface area contributed by atoms with Crippen molar-refractivity contribution in [2.75, 3.05) is 11.9 Å². The molecule has 6 heteroatoms. The first-order valence-corrected chi connectivity index (χ1v) is 9.52. The molecule has 0 atom stereocenters. The summed E-state index contributed by atoms with van der Waals surface area (Å²) in [5, 5.41) is 12.1. The number of hydrogen-bond donors (Lipinski definition) is 1. The Morgan fingerprint density at radius 2 is 1.72 bits per heavy atom. The third kappa shape index (κ3) is 3.96. The molecule has 0 aliphatic rings. The highest BCUT2D eigenvalue weighted by Crippen LogP contribution is 2.23. The Bertz CT molecular complexity index is 1180. The number of fused-ring (bicyclic) bond motifs is 1. The van der Waals surface area contributed by atoms with E-state index < -0.39 is 0 Å². The Balaban J connectivity index is 1.62. The monoisotopic (exact) mass is 386 g/mol.